The first-order valence-corrected chi connectivity index (χ1v) is 6.31. The zero-order valence-corrected chi connectivity index (χ0v) is 11.5. The van der Waals surface area contributed by atoms with Gasteiger partial charge >= 0.3 is 5.97 Å². The van der Waals surface area contributed by atoms with Gasteiger partial charge in [-0.1, -0.05) is 37.3 Å². The molecule has 1 rings (SSSR count). The van der Waals surface area contributed by atoms with Crippen molar-refractivity contribution in [3.05, 3.63) is 35.9 Å². The summed E-state index contributed by atoms with van der Waals surface area (Å²) in [6.07, 6.45) is -0.207. The van der Waals surface area contributed by atoms with Crippen LogP contribution in [0.2, 0.25) is 0 Å². The smallest absolute Gasteiger partial charge is 0.316 e. The molecule has 0 aliphatic carbocycles. The van der Waals surface area contributed by atoms with Crippen LogP contribution < -0.4 is 0 Å². The first-order chi connectivity index (χ1) is 8.35. The summed E-state index contributed by atoms with van der Waals surface area (Å²) >= 11 is 0. The molecule has 0 aliphatic heterocycles. The van der Waals surface area contributed by atoms with Gasteiger partial charge in [0.25, 0.3) is 0 Å². The molecule has 2 atom stereocenters. The van der Waals surface area contributed by atoms with Gasteiger partial charge < -0.3 is 9.84 Å². The minimum Gasteiger partial charge on any atom is -0.459 e. The monoisotopic (exact) mass is 250 g/mol. The van der Waals surface area contributed by atoms with E-state index in [-0.39, 0.29) is 5.97 Å². The van der Waals surface area contributed by atoms with Crippen LogP contribution in [0.1, 0.15) is 45.6 Å². The molecule has 1 N–H and O–H groups in total. The summed E-state index contributed by atoms with van der Waals surface area (Å²) in [4.78, 5) is 12.2. The Kier molecular flexibility index (Phi) is 4.91. The Morgan fingerprint density at radius 2 is 1.83 bits per heavy atom. The van der Waals surface area contributed by atoms with Crippen LogP contribution in [0.25, 0.3) is 0 Å². The van der Waals surface area contributed by atoms with Gasteiger partial charge in [-0.3, -0.25) is 4.79 Å². The van der Waals surface area contributed by atoms with Crippen molar-refractivity contribution >= 4 is 5.97 Å². The van der Waals surface area contributed by atoms with E-state index in [2.05, 4.69) is 0 Å². The quantitative estimate of drug-likeness (QED) is 0.836. The lowest BCUT2D eigenvalue weighted by atomic mass is 9.92. The lowest BCUT2D eigenvalue weighted by Gasteiger charge is -2.26. The second-order valence-corrected chi connectivity index (χ2v) is 5.40. The normalized spacial score (nSPS) is 14.9. The molecule has 18 heavy (non-hydrogen) atoms. The molecule has 0 bridgehead atoms. The second-order valence-electron chi connectivity index (χ2n) is 5.40. The van der Waals surface area contributed by atoms with E-state index in [1.165, 1.54) is 0 Å². The number of ether oxygens (including phenoxy) is 1. The fraction of sp³-hybridized carbons (Fsp3) is 0.533. The van der Waals surface area contributed by atoms with Crippen LogP contribution in [0.15, 0.2) is 30.3 Å². The average Bonchev–Trinajstić information content (AvgIpc) is 2.28. The van der Waals surface area contributed by atoms with Gasteiger partial charge in [0.15, 0.2) is 0 Å². The van der Waals surface area contributed by atoms with Gasteiger partial charge in [-0.25, -0.2) is 0 Å². The minimum atomic E-state index is -0.720. The van der Waals surface area contributed by atoms with E-state index in [1.807, 2.05) is 58.0 Å². The predicted octanol–water partition coefficient (Wildman–Crippen LogP) is 2.88. The third-order valence-electron chi connectivity index (χ3n) is 2.62. The molecule has 2 unspecified atom stereocenters. The van der Waals surface area contributed by atoms with Crippen LogP contribution >= 0.6 is 0 Å². The highest BCUT2D eigenvalue weighted by molar-refractivity contribution is 5.79. The van der Waals surface area contributed by atoms with Crippen molar-refractivity contribution in [2.75, 3.05) is 0 Å². The van der Waals surface area contributed by atoms with E-state index in [0.29, 0.717) is 6.42 Å². The second kappa shape index (κ2) is 6.01. The topological polar surface area (TPSA) is 46.5 Å². The van der Waals surface area contributed by atoms with Crippen molar-refractivity contribution < 1.29 is 14.6 Å². The molecule has 0 amide bonds. The van der Waals surface area contributed by atoms with E-state index in [1.54, 1.807) is 0 Å². The maximum absolute atomic E-state index is 12.2. The molecule has 0 heterocycles. The lowest BCUT2D eigenvalue weighted by molar-refractivity contribution is -0.159. The number of carbonyl (C=O) groups excluding carboxylic acids is 1. The molecular weight excluding hydrogens is 228 g/mol. The number of hydrogen-bond acceptors (Lipinski definition) is 3. The maximum Gasteiger partial charge on any atom is 0.316 e. The van der Waals surface area contributed by atoms with E-state index in [9.17, 15) is 9.90 Å². The van der Waals surface area contributed by atoms with Crippen molar-refractivity contribution in [3.8, 4) is 0 Å². The molecule has 1 aromatic carbocycles. The Morgan fingerprint density at radius 1 is 1.28 bits per heavy atom. The van der Waals surface area contributed by atoms with E-state index < -0.39 is 17.6 Å². The van der Waals surface area contributed by atoms with Crippen LogP contribution in [-0.2, 0) is 9.53 Å². The summed E-state index contributed by atoms with van der Waals surface area (Å²) in [6, 6.07) is 9.28. The van der Waals surface area contributed by atoms with Crippen molar-refractivity contribution in [3.63, 3.8) is 0 Å². The largest absolute Gasteiger partial charge is 0.459 e. The highest BCUT2D eigenvalue weighted by Crippen LogP contribution is 2.25. The van der Waals surface area contributed by atoms with Crippen LogP contribution in [-0.4, -0.2) is 22.8 Å². The fourth-order valence-corrected chi connectivity index (χ4v) is 1.78. The zero-order valence-electron chi connectivity index (χ0n) is 11.5. The van der Waals surface area contributed by atoms with Crippen molar-refractivity contribution in [1.29, 1.82) is 0 Å². The molecule has 1 aromatic rings. The van der Waals surface area contributed by atoms with E-state index in [4.69, 9.17) is 4.74 Å². The SMILES string of the molecule is CCC(O)C(C(=O)OC(C)(C)C)c1ccccc1. The van der Waals surface area contributed by atoms with Crippen LogP contribution in [0, 0.1) is 0 Å². The summed E-state index contributed by atoms with van der Waals surface area (Å²) in [5, 5.41) is 10.0. The molecule has 0 fully saturated rings. The summed E-state index contributed by atoms with van der Waals surface area (Å²) in [5.41, 5.74) is 0.249. The van der Waals surface area contributed by atoms with Gasteiger partial charge in [0.2, 0.25) is 0 Å². The molecule has 100 valence electrons. The van der Waals surface area contributed by atoms with Crippen LogP contribution in [0.3, 0.4) is 0 Å². The van der Waals surface area contributed by atoms with Crippen LogP contribution in [0.4, 0.5) is 0 Å². The standard InChI is InChI=1S/C15H22O3/c1-5-12(16)13(11-9-7-6-8-10-11)14(17)18-15(2,3)4/h6-10,12-13,16H,5H2,1-4H3. The number of carbonyl (C=O) groups is 1. The summed E-state index contributed by atoms with van der Waals surface area (Å²) < 4.78 is 5.38. The third kappa shape index (κ3) is 4.15. The molecule has 0 saturated carbocycles. The number of aliphatic hydroxyl groups is 1. The Balaban J connectivity index is 2.96. The third-order valence-corrected chi connectivity index (χ3v) is 2.62. The zero-order chi connectivity index (χ0) is 13.8. The van der Waals surface area contributed by atoms with Crippen LogP contribution in [0.5, 0.6) is 0 Å². The Morgan fingerprint density at radius 3 is 2.28 bits per heavy atom. The van der Waals surface area contributed by atoms with E-state index >= 15 is 0 Å². The minimum absolute atomic E-state index is 0.372. The van der Waals surface area contributed by atoms with Gasteiger partial charge in [0.1, 0.15) is 11.5 Å². The molecule has 0 aromatic heterocycles. The van der Waals surface area contributed by atoms with E-state index in [0.717, 1.165) is 5.56 Å². The molecule has 3 nitrogen and oxygen atoms in total. The average molecular weight is 250 g/mol. The van der Waals surface area contributed by atoms with Crippen molar-refractivity contribution in [2.24, 2.45) is 0 Å². The number of rotatable bonds is 4. The Bertz CT molecular complexity index is 378. The first kappa shape index (κ1) is 14.7. The number of aliphatic hydroxyl groups excluding tert-OH is 1. The summed E-state index contributed by atoms with van der Waals surface area (Å²) in [6.45, 7) is 7.33. The van der Waals surface area contributed by atoms with Crippen molar-refractivity contribution in [2.45, 2.75) is 51.7 Å². The molecule has 0 radical (unpaired) electrons. The number of esters is 1. The maximum atomic E-state index is 12.2. The highest BCUT2D eigenvalue weighted by atomic mass is 16.6. The number of benzene rings is 1. The lowest BCUT2D eigenvalue weighted by Crippen LogP contribution is -2.33. The molecular formula is C15H22O3. The molecule has 0 aliphatic rings. The molecule has 0 spiro atoms. The predicted molar refractivity (Wildman–Crippen MR) is 71.3 cm³/mol. The van der Waals surface area contributed by atoms with Gasteiger partial charge in [0.05, 0.1) is 6.10 Å². The van der Waals surface area contributed by atoms with Gasteiger partial charge in [-0.2, -0.15) is 0 Å². The van der Waals surface area contributed by atoms with Gasteiger partial charge in [-0.05, 0) is 32.8 Å². The fourth-order valence-electron chi connectivity index (χ4n) is 1.78. The first-order valence-electron chi connectivity index (χ1n) is 6.31. The molecule has 3 heteroatoms. The number of hydrogen-bond donors (Lipinski definition) is 1. The summed E-state index contributed by atoms with van der Waals surface area (Å²) in [5.74, 6) is -0.988. The highest BCUT2D eigenvalue weighted by Gasteiger charge is 2.31. The van der Waals surface area contributed by atoms with Crippen molar-refractivity contribution in [1.82, 2.24) is 0 Å². The molecule has 0 saturated heterocycles. The Hall–Kier alpha value is -1.35. The van der Waals surface area contributed by atoms with Gasteiger partial charge in [0, 0.05) is 0 Å². The van der Waals surface area contributed by atoms with Gasteiger partial charge in [-0.15, -0.1) is 0 Å². The Labute approximate surface area is 109 Å². The summed E-state index contributed by atoms with van der Waals surface area (Å²) in [7, 11) is 0.